The minimum Gasteiger partial charge on any atom is -0.487 e. The SMILES string of the molecule is CC[C@H](N)c1ccccc1OCc1c(Cl)c(C)nn1CC. The van der Waals surface area contributed by atoms with E-state index < -0.39 is 0 Å². The molecule has 0 saturated carbocycles. The topological polar surface area (TPSA) is 53.1 Å². The van der Waals surface area contributed by atoms with E-state index in [4.69, 9.17) is 22.1 Å². The molecule has 0 aliphatic heterocycles. The molecular formula is C16H22ClN3O. The fraction of sp³-hybridized carbons (Fsp3) is 0.438. The fourth-order valence-electron chi connectivity index (χ4n) is 2.29. The first-order valence-corrected chi connectivity index (χ1v) is 7.65. The molecule has 21 heavy (non-hydrogen) atoms. The Balaban J connectivity index is 2.21. The maximum absolute atomic E-state index is 6.30. The van der Waals surface area contributed by atoms with Crippen molar-refractivity contribution in [2.45, 2.75) is 46.4 Å². The van der Waals surface area contributed by atoms with Crippen molar-refractivity contribution in [1.29, 1.82) is 0 Å². The Morgan fingerprint density at radius 1 is 1.33 bits per heavy atom. The molecule has 0 amide bonds. The third-order valence-corrected chi connectivity index (χ3v) is 4.07. The molecular weight excluding hydrogens is 286 g/mol. The van der Waals surface area contributed by atoms with Crippen LogP contribution in [0.1, 0.15) is 43.3 Å². The molecule has 0 saturated heterocycles. The summed E-state index contributed by atoms with van der Waals surface area (Å²) >= 11 is 6.30. The third-order valence-electron chi connectivity index (χ3n) is 3.58. The van der Waals surface area contributed by atoms with Crippen LogP contribution in [0.3, 0.4) is 0 Å². The predicted octanol–water partition coefficient (Wildman–Crippen LogP) is 3.85. The highest BCUT2D eigenvalue weighted by molar-refractivity contribution is 6.31. The zero-order chi connectivity index (χ0) is 15.4. The van der Waals surface area contributed by atoms with E-state index in [1.807, 2.05) is 42.8 Å². The smallest absolute Gasteiger partial charge is 0.131 e. The number of aromatic nitrogens is 2. The number of hydrogen-bond acceptors (Lipinski definition) is 3. The van der Waals surface area contributed by atoms with Gasteiger partial charge in [0.25, 0.3) is 0 Å². The molecule has 0 fully saturated rings. The first kappa shape index (κ1) is 15.9. The second-order valence-electron chi connectivity index (χ2n) is 5.00. The minimum absolute atomic E-state index is 0.0190. The highest BCUT2D eigenvalue weighted by atomic mass is 35.5. The highest BCUT2D eigenvalue weighted by Crippen LogP contribution is 2.27. The summed E-state index contributed by atoms with van der Waals surface area (Å²) in [5.74, 6) is 0.810. The fourth-order valence-corrected chi connectivity index (χ4v) is 2.48. The lowest BCUT2D eigenvalue weighted by atomic mass is 10.0. The van der Waals surface area contributed by atoms with Crippen LogP contribution in [-0.4, -0.2) is 9.78 Å². The normalized spacial score (nSPS) is 12.4. The van der Waals surface area contributed by atoms with Crippen molar-refractivity contribution >= 4 is 11.6 Å². The maximum atomic E-state index is 6.30. The zero-order valence-corrected chi connectivity index (χ0v) is 13.5. The quantitative estimate of drug-likeness (QED) is 0.882. The van der Waals surface area contributed by atoms with Gasteiger partial charge in [-0.3, -0.25) is 4.68 Å². The molecule has 0 radical (unpaired) electrons. The van der Waals surface area contributed by atoms with Crippen LogP contribution in [0.5, 0.6) is 5.75 Å². The van der Waals surface area contributed by atoms with Crippen molar-refractivity contribution in [2.75, 3.05) is 0 Å². The zero-order valence-electron chi connectivity index (χ0n) is 12.8. The van der Waals surface area contributed by atoms with Crippen LogP contribution in [0.4, 0.5) is 0 Å². The van der Waals surface area contributed by atoms with Crippen LogP contribution in [0.25, 0.3) is 0 Å². The van der Waals surface area contributed by atoms with E-state index in [-0.39, 0.29) is 6.04 Å². The van der Waals surface area contributed by atoms with Crippen LogP contribution in [0, 0.1) is 6.92 Å². The van der Waals surface area contributed by atoms with Crippen molar-refractivity contribution in [2.24, 2.45) is 5.73 Å². The summed E-state index contributed by atoms with van der Waals surface area (Å²) in [5, 5.41) is 5.07. The second-order valence-corrected chi connectivity index (χ2v) is 5.38. The van der Waals surface area contributed by atoms with Crippen LogP contribution in [0.2, 0.25) is 5.02 Å². The van der Waals surface area contributed by atoms with E-state index in [1.165, 1.54) is 0 Å². The lowest BCUT2D eigenvalue weighted by Crippen LogP contribution is -2.12. The van der Waals surface area contributed by atoms with Gasteiger partial charge in [0, 0.05) is 18.2 Å². The number of hydrogen-bond donors (Lipinski definition) is 1. The molecule has 2 N–H and O–H groups in total. The summed E-state index contributed by atoms with van der Waals surface area (Å²) in [6.45, 7) is 7.16. The molecule has 1 heterocycles. The first-order chi connectivity index (χ1) is 10.1. The van der Waals surface area contributed by atoms with Crippen LogP contribution >= 0.6 is 11.6 Å². The van der Waals surface area contributed by atoms with Crippen LogP contribution in [-0.2, 0) is 13.2 Å². The monoisotopic (exact) mass is 307 g/mol. The van der Waals surface area contributed by atoms with Gasteiger partial charge < -0.3 is 10.5 Å². The number of ether oxygens (including phenoxy) is 1. The van der Waals surface area contributed by atoms with Crippen molar-refractivity contribution in [1.82, 2.24) is 9.78 Å². The van der Waals surface area contributed by atoms with Crippen molar-refractivity contribution in [3.8, 4) is 5.75 Å². The molecule has 1 aromatic heterocycles. The van der Waals surface area contributed by atoms with E-state index in [2.05, 4.69) is 12.0 Å². The largest absolute Gasteiger partial charge is 0.487 e. The summed E-state index contributed by atoms with van der Waals surface area (Å²) < 4.78 is 7.83. The molecule has 4 nitrogen and oxygen atoms in total. The number of rotatable bonds is 6. The molecule has 0 unspecified atom stereocenters. The van der Waals surface area contributed by atoms with Crippen molar-refractivity contribution in [3.63, 3.8) is 0 Å². The Morgan fingerprint density at radius 3 is 2.71 bits per heavy atom. The molecule has 1 atom stereocenters. The van der Waals surface area contributed by atoms with Crippen LogP contribution < -0.4 is 10.5 Å². The molecule has 114 valence electrons. The van der Waals surface area contributed by atoms with Gasteiger partial charge in [-0.2, -0.15) is 5.10 Å². The van der Waals surface area contributed by atoms with Gasteiger partial charge in [-0.1, -0.05) is 36.7 Å². The lowest BCUT2D eigenvalue weighted by molar-refractivity contribution is 0.287. The molecule has 0 aliphatic rings. The first-order valence-electron chi connectivity index (χ1n) is 7.27. The highest BCUT2D eigenvalue weighted by Gasteiger charge is 2.15. The maximum Gasteiger partial charge on any atom is 0.131 e. The standard InChI is InChI=1S/C16H22ClN3O/c1-4-13(18)12-8-6-7-9-15(12)21-10-14-16(17)11(3)19-20(14)5-2/h6-9,13H,4-5,10,18H2,1-3H3/t13-/m0/s1. The molecule has 2 rings (SSSR count). The van der Waals surface area contributed by atoms with Gasteiger partial charge in [0.15, 0.2) is 0 Å². The Bertz CT molecular complexity index is 610. The Kier molecular flexibility index (Phi) is 5.26. The number of nitrogens with two attached hydrogens (primary N) is 1. The van der Waals surface area contributed by atoms with E-state index in [0.29, 0.717) is 11.6 Å². The van der Waals surface area contributed by atoms with Crippen LogP contribution in [0.15, 0.2) is 24.3 Å². The molecule has 0 bridgehead atoms. The van der Waals surface area contributed by atoms with Gasteiger partial charge in [-0.05, 0) is 26.3 Å². The summed E-state index contributed by atoms with van der Waals surface area (Å²) in [5.41, 5.74) is 8.88. The minimum atomic E-state index is -0.0190. The van der Waals surface area contributed by atoms with Gasteiger partial charge in [-0.25, -0.2) is 0 Å². The number of halogens is 1. The van der Waals surface area contributed by atoms with E-state index in [9.17, 15) is 0 Å². The summed E-state index contributed by atoms with van der Waals surface area (Å²) in [4.78, 5) is 0. The third kappa shape index (κ3) is 3.39. The second kappa shape index (κ2) is 6.96. The van der Waals surface area contributed by atoms with Gasteiger partial charge >= 0.3 is 0 Å². The Morgan fingerprint density at radius 2 is 2.05 bits per heavy atom. The number of nitrogens with zero attached hydrogens (tertiary/aromatic N) is 2. The molecule has 5 heteroatoms. The summed E-state index contributed by atoms with van der Waals surface area (Å²) in [7, 11) is 0. The van der Waals surface area contributed by atoms with Crippen molar-refractivity contribution in [3.05, 3.63) is 46.2 Å². The van der Waals surface area contributed by atoms with Crippen molar-refractivity contribution < 1.29 is 4.74 Å². The van der Waals surface area contributed by atoms with E-state index >= 15 is 0 Å². The van der Waals surface area contributed by atoms with E-state index in [0.717, 1.165) is 35.7 Å². The average Bonchev–Trinajstić information content (AvgIpc) is 2.79. The summed E-state index contributed by atoms with van der Waals surface area (Å²) in [6, 6.07) is 7.86. The van der Waals surface area contributed by atoms with Gasteiger partial charge in [0.05, 0.1) is 16.4 Å². The summed E-state index contributed by atoms with van der Waals surface area (Å²) in [6.07, 6.45) is 0.868. The molecule has 2 aromatic rings. The Labute approximate surface area is 130 Å². The van der Waals surface area contributed by atoms with E-state index in [1.54, 1.807) is 0 Å². The van der Waals surface area contributed by atoms with Gasteiger partial charge in [-0.15, -0.1) is 0 Å². The number of aryl methyl sites for hydroxylation is 2. The molecule has 1 aromatic carbocycles. The predicted molar refractivity (Wildman–Crippen MR) is 85.6 cm³/mol. The van der Waals surface area contributed by atoms with Gasteiger partial charge in [0.2, 0.25) is 0 Å². The lowest BCUT2D eigenvalue weighted by Gasteiger charge is -2.16. The number of benzene rings is 1. The Hall–Kier alpha value is -1.52. The average molecular weight is 308 g/mol. The molecule has 0 spiro atoms. The van der Waals surface area contributed by atoms with Gasteiger partial charge in [0.1, 0.15) is 12.4 Å². The number of para-hydroxylation sites is 1. The molecule has 0 aliphatic carbocycles.